The van der Waals surface area contributed by atoms with Gasteiger partial charge < -0.3 is 4.74 Å². The molecule has 0 saturated carbocycles. The van der Waals surface area contributed by atoms with Gasteiger partial charge in [-0.05, 0) is 12.8 Å². The second-order valence-corrected chi connectivity index (χ2v) is 1.32. The summed E-state index contributed by atoms with van der Waals surface area (Å²) in [5, 5.41) is 0. The van der Waals surface area contributed by atoms with E-state index in [1.807, 2.05) is 0 Å². The summed E-state index contributed by atoms with van der Waals surface area (Å²) in [6.45, 7) is 2.00. The zero-order valence-electron chi connectivity index (χ0n) is 4.05. The van der Waals surface area contributed by atoms with Crippen molar-refractivity contribution in [3.63, 3.8) is 0 Å². The van der Waals surface area contributed by atoms with E-state index in [-0.39, 0.29) is 0 Å². The average Bonchev–Trinajstić information content (AvgIpc) is 2.23. The fraction of sp³-hybridized carbons (Fsp3) is 1.00. The molecule has 1 saturated heterocycles. The number of hydrogen-bond donors (Lipinski definition) is 0. The van der Waals surface area contributed by atoms with Crippen LogP contribution in [-0.2, 0) is 4.74 Å². The molecule has 42 valence electrons. The normalized spacial score (nSPS) is 17.7. The second kappa shape index (κ2) is 7.00. The zero-order chi connectivity index (χ0) is 5.54. The minimum absolute atomic E-state index is 1.00. The maximum absolute atomic E-state index is 4.94. The molecule has 3 heteroatoms. The van der Waals surface area contributed by atoms with Crippen molar-refractivity contribution in [2.45, 2.75) is 12.8 Å². The van der Waals surface area contributed by atoms with Crippen molar-refractivity contribution >= 4 is 27.3 Å². The van der Waals surface area contributed by atoms with Crippen molar-refractivity contribution in [1.82, 2.24) is 0 Å². The van der Waals surface area contributed by atoms with Gasteiger partial charge in [-0.1, -0.05) is 0 Å². The van der Waals surface area contributed by atoms with Gasteiger partial charge in [0.05, 0.1) is 0 Å². The molecule has 1 aliphatic rings. The van der Waals surface area contributed by atoms with Crippen LogP contribution in [0.25, 0.3) is 0 Å². The Kier molecular flexibility index (Phi) is 8.00. The van der Waals surface area contributed by atoms with Crippen LogP contribution in [0.5, 0.6) is 0 Å². The standard InChI is InChI=1S/C4H8O.Se2/c1-2-4-5-3-1;1-2/h1-4H2;. The van der Waals surface area contributed by atoms with E-state index >= 15 is 0 Å². The van der Waals surface area contributed by atoms with Crippen LogP contribution in [0, 0.1) is 0 Å². The first-order chi connectivity index (χ1) is 3.50. The van der Waals surface area contributed by atoms with Crippen molar-refractivity contribution < 1.29 is 4.74 Å². The van der Waals surface area contributed by atoms with Gasteiger partial charge in [0.1, 0.15) is 0 Å². The van der Waals surface area contributed by atoms with E-state index in [0.29, 0.717) is 0 Å². The van der Waals surface area contributed by atoms with Crippen LogP contribution in [-0.4, -0.2) is 40.5 Å². The van der Waals surface area contributed by atoms with Gasteiger partial charge in [-0.25, -0.2) is 0 Å². The SMILES string of the molecule is C1CCOC1.[Se]=[Se]. The van der Waals surface area contributed by atoms with Crippen LogP contribution in [0.15, 0.2) is 0 Å². The molecule has 0 atom stereocenters. The molecular weight excluding hydrogens is 222 g/mol. The summed E-state index contributed by atoms with van der Waals surface area (Å²) in [5.41, 5.74) is 0. The summed E-state index contributed by atoms with van der Waals surface area (Å²) >= 11 is 5.00. The molecule has 1 fully saturated rings. The summed E-state index contributed by atoms with van der Waals surface area (Å²) in [4.78, 5) is 0. The minimum atomic E-state index is 1.00. The molecule has 0 amide bonds. The fourth-order valence-corrected chi connectivity index (χ4v) is 0.510. The van der Waals surface area contributed by atoms with Crippen molar-refractivity contribution in [2.75, 3.05) is 13.2 Å². The predicted octanol–water partition coefficient (Wildman–Crippen LogP) is 0.0352. The molecule has 0 aromatic rings. The topological polar surface area (TPSA) is 9.23 Å². The molecule has 0 aliphatic carbocycles. The Balaban J connectivity index is 0.000000162. The van der Waals surface area contributed by atoms with Gasteiger partial charge >= 0.3 is 27.3 Å². The van der Waals surface area contributed by atoms with E-state index in [4.69, 9.17) is 4.74 Å². The molecule has 0 bridgehead atoms. The first-order valence-electron chi connectivity index (χ1n) is 2.24. The van der Waals surface area contributed by atoms with Crippen LogP contribution in [0.2, 0.25) is 0 Å². The fourth-order valence-electron chi connectivity index (χ4n) is 0.510. The van der Waals surface area contributed by atoms with E-state index in [0.717, 1.165) is 13.2 Å². The first-order valence-corrected chi connectivity index (χ1v) is 6.58. The van der Waals surface area contributed by atoms with E-state index in [2.05, 4.69) is 27.3 Å². The number of hydrogen-bond acceptors (Lipinski definition) is 1. The molecule has 7 heavy (non-hydrogen) atoms. The van der Waals surface area contributed by atoms with Crippen molar-refractivity contribution in [1.29, 1.82) is 0 Å². The van der Waals surface area contributed by atoms with Gasteiger partial charge in [0.2, 0.25) is 0 Å². The van der Waals surface area contributed by atoms with Crippen molar-refractivity contribution in [2.24, 2.45) is 0 Å². The first kappa shape index (κ1) is 8.00. The zero-order valence-corrected chi connectivity index (χ0v) is 7.48. The molecule has 1 nitrogen and oxygen atoms in total. The molecule has 0 N–H and O–H groups in total. The predicted molar refractivity (Wildman–Crippen MR) is 31.6 cm³/mol. The molecule has 0 aromatic heterocycles. The summed E-state index contributed by atoms with van der Waals surface area (Å²) in [6, 6.07) is 0. The Morgan fingerprint density at radius 1 is 1.00 bits per heavy atom. The Hall–Kier alpha value is 0.999. The number of rotatable bonds is 0. The summed E-state index contributed by atoms with van der Waals surface area (Å²) in [7, 11) is 0. The maximum atomic E-state index is 4.94. The van der Waals surface area contributed by atoms with Gasteiger partial charge in [0.25, 0.3) is 0 Å². The molecular formula is C4H8OSe2. The molecule has 0 spiro atoms. The molecule has 0 aromatic carbocycles. The van der Waals surface area contributed by atoms with Gasteiger partial charge in [0.15, 0.2) is 0 Å². The Bertz CT molecular complexity index is 29.1. The van der Waals surface area contributed by atoms with Crippen LogP contribution in [0.1, 0.15) is 12.8 Å². The summed E-state index contributed by atoms with van der Waals surface area (Å²) in [6.07, 6.45) is 2.56. The van der Waals surface area contributed by atoms with E-state index < -0.39 is 0 Å². The van der Waals surface area contributed by atoms with E-state index in [9.17, 15) is 0 Å². The monoisotopic (exact) mass is 232 g/mol. The molecule has 1 heterocycles. The van der Waals surface area contributed by atoms with Gasteiger partial charge in [-0.3, -0.25) is 0 Å². The summed E-state index contributed by atoms with van der Waals surface area (Å²) in [5.74, 6) is 0. The Labute approximate surface area is 58.3 Å². The van der Waals surface area contributed by atoms with Crippen LogP contribution in [0.4, 0.5) is 0 Å². The number of ether oxygens (including phenoxy) is 1. The van der Waals surface area contributed by atoms with Crippen molar-refractivity contribution in [3.05, 3.63) is 0 Å². The summed E-state index contributed by atoms with van der Waals surface area (Å²) < 4.78 is 4.94. The van der Waals surface area contributed by atoms with E-state index in [1.165, 1.54) is 12.8 Å². The molecule has 1 aliphatic heterocycles. The Morgan fingerprint density at radius 3 is 1.57 bits per heavy atom. The average molecular weight is 230 g/mol. The second-order valence-electron chi connectivity index (χ2n) is 1.32. The van der Waals surface area contributed by atoms with Gasteiger partial charge in [-0.2, -0.15) is 0 Å². The van der Waals surface area contributed by atoms with Crippen LogP contribution in [0.3, 0.4) is 0 Å². The van der Waals surface area contributed by atoms with Gasteiger partial charge in [-0.15, -0.1) is 0 Å². The van der Waals surface area contributed by atoms with Crippen molar-refractivity contribution in [3.8, 4) is 0 Å². The van der Waals surface area contributed by atoms with Crippen LogP contribution < -0.4 is 0 Å². The molecule has 0 unspecified atom stereocenters. The van der Waals surface area contributed by atoms with Gasteiger partial charge in [0, 0.05) is 13.2 Å². The molecule has 1 rings (SSSR count). The third kappa shape index (κ3) is 4.86. The Morgan fingerprint density at radius 2 is 1.43 bits per heavy atom. The quantitative estimate of drug-likeness (QED) is 0.533. The third-order valence-electron chi connectivity index (χ3n) is 0.827. The molecule has 0 radical (unpaired) electrons. The van der Waals surface area contributed by atoms with E-state index in [1.54, 1.807) is 0 Å². The van der Waals surface area contributed by atoms with Crippen LogP contribution >= 0.6 is 0 Å². The third-order valence-corrected chi connectivity index (χ3v) is 0.827.